The fourth-order valence-electron chi connectivity index (χ4n) is 2.40. The molecule has 0 saturated heterocycles. The monoisotopic (exact) mass is 327 g/mol. The number of ether oxygens (including phenoxy) is 1. The Balaban J connectivity index is 1.88. The molecule has 0 aliphatic rings. The van der Waals surface area contributed by atoms with Crippen molar-refractivity contribution >= 4 is 12.1 Å². The molecule has 0 spiro atoms. The molecule has 2 aromatic carbocycles. The summed E-state index contributed by atoms with van der Waals surface area (Å²) in [5.41, 5.74) is 1.88. The third-order valence-electron chi connectivity index (χ3n) is 3.76. The van der Waals surface area contributed by atoms with E-state index in [1.54, 1.807) is 0 Å². The van der Waals surface area contributed by atoms with Gasteiger partial charge in [0, 0.05) is 0 Å². The summed E-state index contributed by atoms with van der Waals surface area (Å²) in [7, 11) is 0. The topological polar surface area (TPSA) is 75.6 Å². The number of amides is 1. The number of carbonyl (C=O) groups excluding carboxylic acids is 1. The van der Waals surface area contributed by atoms with Crippen molar-refractivity contribution in [3.63, 3.8) is 0 Å². The number of aliphatic carboxylic acids is 1. The number of carboxylic acid groups (broad SMARTS) is 1. The second-order valence-electron chi connectivity index (χ2n) is 5.64. The molecule has 2 atom stereocenters. The van der Waals surface area contributed by atoms with Crippen LogP contribution in [0.1, 0.15) is 30.4 Å². The van der Waals surface area contributed by atoms with E-state index in [2.05, 4.69) is 5.32 Å². The van der Waals surface area contributed by atoms with Gasteiger partial charge >= 0.3 is 12.1 Å². The Morgan fingerprint density at radius 2 is 1.62 bits per heavy atom. The average molecular weight is 327 g/mol. The minimum Gasteiger partial charge on any atom is -0.480 e. The van der Waals surface area contributed by atoms with E-state index >= 15 is 0 Å². The van der Waals surface area contributed by atoms with Crippen LogP contribution in [0.25, 0.3) is 0 Å². The molecule has 0 saturated carbocycles. The first-order valence-corrected chi connectivity index (χ1v) is 7.81. The number of rotatable bonds is 7. The van der Waals surface area contributed by atoms with E-state index in [1.807, 2.05) is 67.6 Å². The van der Waals surface area contributed by atoms with Gasteiger partial charge in [-0.3, -0.25) is 0 Å². The van der Waals surface area contributed by atoms with Crippen LogP contribution in [0.2, 0.25) is 0 Å². The molecule has 0 fully saturated rings. The predicted octanol–water partition coefficient (Wildman–Crippen LogP) is 3.56. The van der Waals surface area contributed by atoms with E-state index in [0.717, 1.165) is 11.1 Å². The minimum atomic E-state index is -1.07. The van der Waals surface area contributed by atoms with Crippen molar-refractivity contribution in [1.82, 2.24) is 5.32 Å². The first-order valence-electron chi connectivity index (χ1n) is 7.81. The van der Waals surface area contributed by atoms with Gasteiger partial charge in [-0.2, -0.15) is 0 Å². The van der Waals surface area contributed by atoms with Crippen LogP contribution in [0.15, 0.2) is 60.7 Å². The first-order chi connectivity index (χ1) is 11.6. The van der Waals surface area contributed by atoms with Gasteiger partial charge in [0.2, 0.25) is 0 Å². The molecule has 5 heteroatoms. The Morgan fingerprint density at radius 3 is 2.21 bits per heavy atom. The summed E-state index contributed by atoms with van der Waals surface area (Å²) in [5, 5.41) is 11.8. The highest BCUT2D eigenvalue weighted by Gasteiger charge is 2.23. The van der Waals surface area contributed by atoms with Crippen molar-refractivity contribution in [2.75, 3.05) is 0 Å². The molecule has 0 bridgehead atoms. The van der Waals surface area contributed by atoms with Gasteiger partial charge < -0.3 is 15.2 Å². The van der Waals surface area contributed by atoms with E-state index in [1.165, 1.54) is 0 Å². The van der Waals surface area contributed by atoms with E-state index in [9.17, 15) is 14.7 Å². The molecule has 0 aliphatic heterocycles. The summed E-state index contributed by atoms with van der Waals surface area (Å²) in [4.78, 5) is 23.3. The van der Waals surface area contributed by atoms with Crippen molar-refractivity contribution < 1.29 is 19.4 Å². The number of alkyl carbamates (subject to hydrolysis) is 1. The van der Waals surface area contributed by atoms with Crippen LogP contribution in [0.5, 0.6) is 0 Å². The van der Waals surface area contributed by atoms with Crippen LogP contribution < -0.4 is 5.32 Å². The number of hydrogen-bond donors (Lipinski definition) is 2. The highest BCUT2D eigenvalue weighted by Crippen LogP contribution is 2.20. The summed E-state index contributed by atoms with van der Waals surface area (Å²) in [6, 6.07) is 17.8. The lowest BCUT2D eigenvalue weighted by atomic mass is 9.94. The van der Waals surface area contributed by atoms with Crippen LogP contribution >= 0.6 is 0 Å². The van der Waals surface area contributed by atoms with Gasteiger partial charge in [0.25, 0.3) is 0 Å². The number of nitrogens with one attached hydrogen (secondary N) is 1. The second kappa shape index (κ2) is 8.72. The summed E-state index contributed by atoms with van der Waals surface area (Å²) in [5.74, 6) is -1.07. The molecule has 24 heavy (non-hydrogen) atoms. The maximum absolute atomic E-state index is 11.9. The van der Waals surface area contributed by atoms with Crippen LogP contribution in [-0.2, 0) is 16.1 Å². The van der Waals surface area contributed by atoms with Gasteiger partial charge in [0.1, 0.15) is 12.6 Å². The fourth-order valence-corrected chi connectivity index (χ4v) is 2.40. The number of carbonyl (C=O) groups is 2. The smallest absolute Gasteiger partial charge is 0.408 e. The molecular formula is C19H21NO4. The third kappa shape index (κ3) is 5.43. The van der Waals surface area contributed by atoms with Gasteiger partial charge in [-0.05, 0) is 23.5 Å². The van der Waals surface area contributed by atoms with E-state index in [0.29, 0.717) is 6.42 Å². The largest absolute Gasteiger partial charge is 0.480 e. The molecule has 0 aliphatic carbocycles. The molecule has 2 rings (SSSR count). The average Bonchev–Trinajstić information content (AvgIpc) is 2.61. The molecule has 2 unspecified atom stereocenters. The Hall–Kier alpha value is -2.82. The first kappa shape index (κ1) is 17.5. The van der Waals surface area contributed by atoms with Crippen LogP contribution in [0.3, 0.4) is 0 Å². The van der Waals surface area contributed by atoms with Crippen molar-refractivity contribution in [3.05, 3.63) is 71.8 Å². The molecular weight excluding hydrogens is 306 g/mol. The zero-order valence-electron chi connectivity index (χ0n) is 13.5. The highest BCUT2D eigenvalue weighted by atomic mass is 16.5. The zero-order chi connectivity index (χ0) is 17.4. The van der Waals surface area contributed by atoms with Crippen molar-refractivity contribution in [1.29, 1.82) is 0 Å². The Bertz CT molecular complexity index is 658. The van der Waals surface area contributed by atoms with Crippen molar-refractivity contribution in [2.45, 2.75) is 31.9 Å². The molecule has 2 aromatic rings. The second-order valence-corrected chi connectivity index (χ2v) is 5.64. The third-order valence-corrected chi connectivity index (χ3v) is 3.76. The van der Waals surface area contributed by atoms with E-state index in [-0.39, 0.29) is 12.5 Å². The zero-order valence-corrected chi connectivity index (χ0v) is 13.5. The van der Waals surface area contributed by atoms with E-state index in [4.69, 9.17) is 4.74 Å². The summed E-state index contributed by atoms with van der Waals surface area (Å²) in [6.07, 6.45) is -0.439. The summed E-state index contributed by atoms with van der Waals surface area (Å²) in [6.45, 7) is 2.04. The standard InChI is InChI=1S/C19H21NO4/c1-14(16-10-6-3-7-11-16)12-17(18(21)22)20-19(23)24-13-15-8-4-2-5-9-15/h2-11,14,17H,12-13H2,1H3,(H,20,23)(H,21,22). The van der Waals surface area contributed by atoms with E-state index < -0.39 is 18.1 Å². The molecule has 0 radical (unpaired) electrons. The summed E-state index contributed by atoms with van der Waals surface area (Å²) < 4.78 is 5.08. The van der Waals surface area contributed by atoms with Gasteiger partial charge in [-0.25, -0.2) is 9.59 Å². The molecule has 0 aromatic heterocycles. The quantitative estimate of drug-likeness (QED) is 0.815. The van der Waals surface area contributed by atoms with Gasteiger partial charge in [-0.1, -0.05) is 67.6 Å². The Labute approximate surface area is 141 Å². The Morgan fingerprint density at radius 1 is 1.04 bits per heavy atom. The predicted molar refractivity (Wildman–Crippen MR) is 90.7 cm³/mol. The molecule has 1 amide bonds. The maximum Gasteiger partial charge on any atom is 0.408 e. The SMILES string of the molecule is CC(CC(NC(=O)OCc1ccccc1)C(=O)O)c1ccccc1. The number of benzene rings is 2. The van der Waals surface area contributed by atoms with Crippen molar-refractivity contribution in [2.24, 2.45) is 0 Å². The normalized spacial score (nSPS) is 12.9. The molecule has 0 heterocycles. The van der Waals surface area contributed by atoms with Crippen LogP contribution in [0.4, 0.5) is 4.79 Å². The Kier molecular flexibility index (Phi) is 6.37. The fraction of sp³-hybridized carbons (Fsp3) is 0.263. The minimum absolute atomic E-state index is 0.00160. The molecule has 5 nitrogen and oxygen atoms in total. The van der Waals surface area contributed by atoms with Gasteiger partial charge in [0.15, 0.2) is 0 Å². The highest BCUT2D eigenvalue weighted by molar-refractivity contribution is 5.79. The number of hydrogen-bond acceptors (Lipinski definition) is 3. The lowest BCUT2D eigenvalue weighted by molar-refractivity contribution is -0.139. The lowest BCUT2D eigenvalue weighted by Crippen LogP contribution is -2.41. The number of carboxylic acids is 1. The molecule has 126 valence electrons. The maximum atomic E-state index is 11.9. The molecule has 2 N–H and O–H groups in total. The van der Waals surface area contributed by atoms with Crippen LogP contribution in [0, 0.1) is 0 Å². The van der Waals surface area contributed by atoms with Gasteiger partial charge in [-0.15, -0.1) is 0 Å². The van der Waals surface area contributed by atoms with Crippen LogP contribution in [-0.4, -0.2) is 23.2 Å². The van der Waals surface area contributed by atoms with Gasteiger partial charge in [0.05, 0.1) is 0 Å². The lowest BCUT2D eigenvalue weighted by Gasteiger charge is -2.19. The van der Waals surface area contributed by atoms with Crippen molar-refractivity contribution in [3.8, 4) is 0 Å². The summed E-state index contributed by atoms with van der Waals surface area (Å²) >= 11 is 0.